The van der Waals surface area contributed by atoms with Gasteiger partial charge in [0.2, 0.25) is 11.8 Å². The summed E-state index contributed by atoms with van der Waals surface area (Å²) in [7, 11) is 0. The zero-order chi connectivity index (χ0) is 34.4. The molecular weight excluding hydrogens is 588 g/mol. The molecule has 0 aromatic rings. The van der Waals surface area contributed by atoms with E-state index >= 15 is 0 Å². The van der Waals surface area contributed by atoms with Gasteiger partial charge >= 0.3 is 11.9 Å². The highest BCUT2D eigenvalue weighted by Gasteiger charge is 2.24. The molecule has 12 nitrogen and oxygen atoms in total. The van der Waals surface area contributed by atoms with Crippen LogP contribution in [0, 0.1) is 0 Å². The first-order chi connectivity index (χ1) is 22.2. The maximum atomic E-state index is 13.1. The van der Waals surface area contributed by atoms with Crippen molar-refractivity contribution in [1.82, 2.24) is 9.80 Å². The number of carbonyl (C=O) groups excluding carboxylic acids is 4. The van der Waals surface area contributed by atoms with E-state index in [2.05, 4.69) is 38.2 Å². The molecule has 0 radical (unpaired) electrons. The molecule has 0 aliphatic heterocycles. The Morgan fingerprint density at radius 3 is 1.33 bits per heavy atom. The molecule has 12 heteroatoms. The summed E-state index contributed by atoms with van der Waals surface area (Å²) in [6.45, 7) is 6.76. The molecular formula is C34H64N6O6. The molecule has 0 bridgehead atoms. The summed E-state index contributed by atoms with van der Waals surface area (Å²) >= 11 is 0. The molecule has 0 saturated carbocycles. The van der Waals surface area contributed by atoms with Crippen molar-refractivity contribution >= 4 is 23.8 Å². The SMILES string of the molecule is CC/C=C\CCCOC(=O)CCN(CCCCN(CCC(=O)OCCC/C=C\CC)C(=O)[C@@H](N)CCCN)C(=O)[C@@H](N)CCCN. The van der Waals surface area contributed by atoms with Crippen LogP contribution in [0.2, 0.25) is 0 Å². The first-order valence-corrected chi connectivity index (χ1v) is 17.3. The molecule has 2 atom stereocenters. The molecule has 2 amide bonds. The van der Waals surface area contributed by atoms with Crippen molar-refractivity contribution in [3.8, 4) is 0 Å². The second-order valence-corrected chi connectivity index (χ2v) is 11.4. The Morgan fingerprint density at radius 1 is 0.587 bits per heavy atom. The second-order valence-electron chi connectivity index (χ2n) is 11.4. The topological polar surface area (TPSA) is 197 Å². The molecule has 0 fully saturated rings. The average Bonchev–Trinajstić information content (AvgIpc) is 3.05. The third-order valence-electron chi connectivity index (χ3n) is 7.34. The fourth-order valence-electron chi connectivity index (χ4n) is 4.60. The molecule has 0 aromatic carbocycles. The molecule has 8 N–H and O–H groups in total. The number of hydrogen-bond acceptors (Lipinski definition) is 10. The van der Waals surface area contributed by atoms with Crippen LogP contribution < -0.4 is 22.9 Å². The highest BCUT2D eigenvalue weighted by atomic mass is 16.5. The lowest BCUT2D eigenvalue weighted by Crippen LogP contribution is -2.46. The lowest BCUT2D eigenvalue weighted by atomic mass is 10.1. The number of nitrogens with two attached hydrogens (primary N) is 4. The summed E-state index contributed by atoms with van der Waals surface area (Å²) in [6, 6.07) is -1.42. The molecule has 0 aromatic heterocycles. The summed E-state index contributed by atoms with van der Waals surface area (Å²) in [5.41, 5.74) is 23.5. The van der Waals surface area contributed by atoms with Gasteiger partial charge in [-0.25, -0.2) is 0 Å². The number of carbonyl (C=O) groups is 4. The number of amides is 2. The minimum Gasteiger partial charge on any atom is -0.466 e. The van der Waals surface area contributed by atoms with E-state index in [4.69, 9.17) is 32.4 Å². The first kappa shape index (κ1) is 43.2. The Hall–Kier alpha value is -2.80. The van der Waals surface area contributed by atoms with Gasteiger partial charge in [0.15, 0.2) is 0 Å². The first-order valence-electron chi connectivity index (χ1n) is 17.3. The minimum absolute atomic E-state index is 0.0672. The average molecular weight is 653 g/mol. The van der Waals surface area contributed by atoms with E-state index < -0.39 is 12.1 Å². The van der Waals surface area contributed by atoms with Crippen molar-refractivity contribution < 1.29 is 28.7 Å². The third kappa shape index (κ3) is 22.7. The van der Waals surface area contributed by atoms with Crippen molar-refractivity contribution in [2.75, 3.05) is 52.5 Å². The van der Waals surface area contributed by atoms with Gasteiger partial charge in [0, 0.05) is 26.2 Å². The Morgan fingerprint density at radius 2 is 0.978 bits per heavy atom. The lowest BCUT2D eigenvalue weighted by Gasteiger charge is -2.28. The number of unbranched alkanes of at least 4 members (excludes halogenated alkanes) is 3. The molecule has 0 aliphatic rings. The van der Waals surface area contributed by atoms with E-state index in [0.29, 0.717) is 77.9 Å². The van der Waals surface area contributed by atoms with E-state index in [9.17, 15) is 19.2 Å². The van der Waals surface area contributed by atoms with Crippen LogP contribution in [0.3, 0.4) is 0 Å². The van der Waals surface area contributed by atoms with Crippen molar-refractivity contribution in [2.45, 2.75) is 116 Å². The maximum Gasteiger partial charge on any atom is 0.307 e. The summed E-state index contributed by atoms with van der Waals surface area (Å²) in [6.07, 6.45) is 16.8. The number of esters is 2. The quantitative estimate of drug-likeness (QED) is 0.0529. The van der Waals surface area contributed by atoms with Crippen molar-refractivity contribution in [3.05, 3.63) is 24.3 Å². The van der Waals surface area contributed by atoms with Crippen molar-refractivity contribution in [1.29, 1.82) is 0 Å². The monoisotopic (exact) mass is 652 g/mol. The summed E-state index contributed by atoms with van der Waals surface area (Å²) < 4.78 is 10.7. The van der Waals surface area contributed by atoms with Crippen molar-refractivity contribution in [3.63, 3.8) is 0 Å². The van der Waals surface area contributed by atoms with Crippen LogP contribution in [0.1, 0.15) is 104 Å². The third-order valence-corrected chi connectivity index (χ3v) is 7.34. The van der Waals surface area contributed by atoms with Crippen LogP contribution >= 0.6 is 0 Å². The Bertz CT molecular complexity index is 814. The molecule has 0 aliphatic carbocycles. The molecule has 0 rings (SSSR count). The summed E-state index contributed by atoms with van der Waals surface area (Å²) in [5, 5.41) is 0. The fourth-order valence-corrected chi connectivity index (χ4v) is 4.60. The zero-order valence-corrected chi connectivity index (χ0v) is 28.7. The van der Waals surface area contributed by atoms with Gasteiger partial charge in [-0.1, -0.05) is 38.2 Å². The molecule has 266 valence electrons. The molecule has 0 heterocycles. The van der Waals surface area contributed by atoms with Crippen molar-refractivity contribution in [2.24, 2.45) is 22.9 Å². The second kappa shape index (κ2) is 29.6. The standard InChI is InChI=1S/C34H64N6O6/c1-3-5-7-9-13-27-45-31(41)19-25-39(33(43)29(37)17-15-21-35)23-11-12-24-40(34(44)30(38)18-16-22-36)26-20-32(42)46-28-14-10-8-6-4-2/h5-8,29-30H,3-4,9-28,35-38H2,1-2H3/b7-5-,8-6-/t29-,30-/m0/s1. The Balaban J connectivity index is 5.11. The van der Waals surface area contributed by atoms with E-state index in [1.54, 1.807) is 9.80 Å². The largest absolute Gasteiger partial charge is 0.466 e. The molecule has 0 unspecified atom stereocenters. The predicted octanol–water partition coefficient (Wildman–Crippen LogP) is 2.92. The van der Waals surface area contributed by atoms with Gasteiger partial charge in [0.05, 0.1) is 38.1 Å². The van der Waals surface area contributed by atoms with Gasteiger partial charge in [0.1, 0.15) is 0 Å². The van der Waals surface area contributed by atoms with E-state index in [0.717, 1.165) is 38.5 Å². The van der Waals surface area contributed by atoms with E-state index in [1.165, 1.54) is 0 Å². The van der Waals surface area contributed by atoms with Gasteiger partial charge in [-0.15, -0.1) is 0 Å². The van der Waals surface area contributed by atoms with Crippen LogP contribution in [-0.4, -0.2) is 98.1 Å². The normalized spacial score (nSPS) is 12.7. The highest BCUT2D eigenvalue weighted by Crippen LogP contribution is 2.09. The van der Waals surface area contributed by atoms with Crippen LogP contribution in [-0.2, 0) is 28.7 Å². The maximum absolute atomic E-state index is 13.1. The molecule has 0 saturated heterocycles. The number of allylic oxidation sites excluding steroid dienone is 4. The Labute approximate surface area is 277 Å². The van der Waals surface area contributed by atoms with Gasteiger partial charge in [-0.3, -0.25) is 19.2 Å². The fraction of sp³-hybridized carbons (Fsp3) is 0.765. The number of nitrogens with zero attached hydrogens (tertiary/aromatic N) is 2. The van der Waals surface area contributed by atoms with Gasteiger partial charge in [-0.05, 0) is 90.1 Å². The lowest BCUT2D eigenvalue weighted by molar-refractivity contribution is -0.146. The van der Waals surface area contributed by atoms with Crippen LogP contribution in [0.5, 0.6) is 0 Å². The number of rotatable bonds is 29. The van der Waals surface area contributed by atoms with E-state index in [1.807, 2.05) is 0 Å². The highest BCUT2D eigenvalue weighted by molar-refractivity contribution is 5.83. The van der Waals surface area contributed by atoms with Gasteiger partial charge in [-0.2, -0.15) is 0 Å². The summed E-state index contributed by atoms with van der Waals surface area (Å²) in [4.78, 5) is 54.2. The smallest absolute Gasteiger partial charge is 0.307 e. The molecule has 0 spiro atoms. The van der Waals surface area contributed by atoms with E-state index in [-0.39, 0.29) is 49.7 Å². The zero-order valence-electron chi connectivity index (χ0n) is 28.7. The van der Waals surface area contributed by atoms with Crippen LogP contribution in [0.15, 0.2) is 24.3 Å². The minimum atomic E-state index is -0.711. The van der Waals surface area contributed by atoms with Gasteiger partial charge < -0.3 is 42.2 Å². The number of hydrogen-bond donors (Lipinski definition) is 4. The summed E-state index contributed by atoms with van der Waals surface area (Å²) in [5.74, 6) is -1.20. The van der Waals surface area contributed by atoms with Crippen LogP contribution in [0.4, 0.5) is 0 Å². The number of ether oxygens (including phenoxy) is 2. The van der Waals surface area contributed by atoms with Gasteiger partial charge in [0.25, 0.3) is 0 Å². The Kier molecular flexibility index (Phi) is 27.8. The molecule has 46 heavy (non-hydrogen) atoms. The predicted molar refractivity (Wildman–Crippen MR) is 183 cm³/mol. The van der Waals surface area contributed by atoms with Crippen LogP contribution in [0.25, 0.3) is 0 Å².